The Bertz CT molecular complexity index is 297. The summed E-state index contributed by atoms with van der Waals surface area (Å²) < 4.78 is 5.56. The third-order valence-electron chi connectivity index (χ3n) is 3.60. The van der Waals surface area contributed by atoms with Crippen LogP contribution in [0.4, 0.5) is 0 Å². The Balaban J connectivity index is 2.21. The summed E-state index contributed by atoms with van der Waals surface area (Å²) in [5.74, 6) is 1.07. The van der Waals surface area contributed by atoms with Crippen molar-refractivity contribution in [2.45, 2.75) is 24.7 Å². The van der Waals surface area contributed by atoms with Crippen molar-refractivity contribution in [3.8, 4) is 0 Å². The molecule has 0 saturated carbocycles. The highest BCUT2D eigenvalue weighted by Gasteiger charge is 2.34. The first-order valence-electron chi connectivity index (χ1n) is 5.69. The molecule has 1 aliphatic rings. The highest BCUT2D eigenvalue weighted by atomic mass is 16.3. The van der Waals surface area contributed by atoms with Gasteiger partial charge in [0.05, 0.1) is 6.26 Å². The van der Waals surface area contributed by atoms with E-state index in [9.17, 15) is 0 Å². The van der Waals surface area contributed by atoms with Crippen molar-refractivity contribution in [3.63, 3.8) is 0 Å². The van der Waals surface area contributed by atoms with Crippen molar-refractivity contribution in [2.24, 2.45) is 5.73 Å². The van der Waals surface area contributed by atoms with E-state index in [0.717, 1.165) is 25.1 Å². The van der Waals surface area contributed by atoms with E-state index in [-0.39, 0.29) is 5.41 Å². The fourth-order valence-corrected chi connectivity index (χ4v) is 2.46. The number of furan rings is 1. The number of likely N-dealkylation sites (tertiary alicyclic amines) is 1. The van der Waals surface area contributed by atoms with E-state index in [1.807, 2.05) is 6.07 Å². The summed E-state index contributed by atoms with van der Waals surface area (Å²) in [6.07, 6.45) is 5.20. The van der Waals surface area contributed by atoms with Crippen LogP contribution in [0, 0.1) is 0 Å². The SMILES string of the molecule is CN1CCCC(CN)(c2ccco2)CC1. The molecule has 0 radical (unpaired) electrons. The molecule has 0 aromatic carbocycles. The Kier molecular flexibility index (Phi) is 3.12. The molecule has 15 heavy (non-hydrogen) atoms. The van der Waals surface area contributed by atoms with Crippen LogP contribution in [-0.2, 0) is 5.41 Å². The van der Waals surface area contributed by atoms with Gasteiger partial charge in [-0.25, -0.2) is 0 Å². The summed E-state index contributed by atoms with van der Waals surface area (Å²) in [5.41, 5.74) is 6.04. The summed E-state index contributed by atoms with van der Waals surface area (Å²) in [5, 5.41) is 0. The second-order valence-corrected chi connectivity index (χ2v) is 4.62. The molecule has 3 heteroatoms. The van der Waals surface area contributed by atoms with Gasteiger partial charge in [0.1, 0.15) is 5.76 Å². The van der Waals surface area contributed by atoms with Gasteiger partial charge in [-0.3, -0.25) is 0 Å². The zero-order chi connectivity index (χ0) is 10.7. The molecule has 1 fully saturated rings. The Hall–Kier alpha value is -0.800. The van der Waals surface area contributed by atoms with Crippen LogP contribution >= 0.6 is 0 Å². The predicted molar refractivity (Wildman–Crippen MR) is 60.8 cm³/mol. The molecule has 0 spiro atoms. The maximum atomic E-state index is 5.97. The molecule has 2 rings (SSSR count). The number of hydrogen-bond donors (Lipinski definition) is 1. The number of nitrogens with zero attached hydrogens (tertiary/aromatic N) is 1. The summed E-state index contributed by atoms with van der Waals surface area (Å²) in [6.45, 7) is 2.97. The second-order valence-electron chi connectivity index (χ2n) is 4.62. The highest BCUT2D eigenvalue weighted by Crippen LogP contribution is 2.34. The van der Waals surface area contributed by atoms with Gasteiger partial charge >= 0.3 is 0 Å². The highest BCUT2D eigenvalue weighted by molar-refractivity contribution is 5.15. The van der Waals surface area contributed by atoms with Crippen molar-refractivity contribution in [2.75, 3.05) is 26.7 Å². The predicted octanol–water partition coefficient (Wildman–Crippen LogP) is 1.59. The molecule has 2 heterocycles. The fourth-order valence-electron chi connectivity index (χ4n) is 2.46. The van der Waals surface area contributed by atoms with Gasteiger partial charge in [0.15, 0.2) is 0 Å². The summed E-state index contributed by atoms with van der Waals surface area (Å²) in [6, 6.07) is 4.03. The standard InChI is InChI=1S/C12H20N2O/c1-14-7-3-5-12(10-13,6-8-14)11-4-2-9-15-11/h2,4,9H,3,5-8,10,13H2,1H3. The second kappa shape index (κ2) is 4.37. The van der Waals surface area contributed by atoms with Gasteiger partial charge in [-0.2, -0.15) is 0 Å². The maximum absolute atomic E-state index is 5.97. The van der Waals surface area contributed by atoms with E-state index in [4.69, 9.17) is 10.2 Å². The molecule has 3 nitrogen and oxygen atoms in total. The van der Waals surface area contributed by atoms with Gasteiger partial charge in [0.25, 0.3) is 0 Å². The van der Waals surface area contributed by atoms with Crippen LogP contribution < -0.4 is 5.73 Å². The summed E-state index contributed by atoms with van der Waals surface area (Å²) >= 11 is 0. The molecule has 1 aromatic heterocycles. The van der Waals surface area contributed by atoms with Crippen molar-refractivity contribution in [1.82, 2.24) is 4.90 Å². The molecule has 84 valence electrons. The van der Waals surface area contributed by atoms with Crippen LogP contribution in [0.5, 0.6) is 0 Å². The first kappa shape index (κ1) is 10.7. The molecule has 0 amide bonds. The molecule has 1 aliphatic heterocycles. The van der Waals surface area contributed by atoms with Crippen LogP contribution in [0.15, 0.2) is 22.8 Å². The van der Waals surface area contributed by atoms with E-state index < -0.39 is 0 Å². The Labute approximate surface area is 91.2 Å². The van der Waals surface area contributed by atoms with Gasteiger partial charge in [0.2, 0.25) is 0 Å². The van der Waals surface area contributed by atoms with Crippen LogP contribution in [0.1, 0.15) is 25.0 Å². The lowest BCUT2D eigenvalue weighted by molar-refractivity contribution is 0.292. The molecular formula is C12H20N2O. The summed E-state index contributed by atoms with van der Waals surface area (Å²) in [4.78, 5) is 2.38. The number of hydrogen-bond acceptors (Lipinski definition) is 3. The zero-order valence-electron chi connectivity index (χ0n) is 9.41. The molecule has 2 N–H and O–H groups in total. The molecule has 0 bridgehead atoms. The first-order valence-corrected chi connectivity index (χ1v) is 5.69. The normalized spacial score (nSPS) is 28.9. The smallest absolute Gasteiger partial charge is 0.111 e. The zero-order valence-corrected chi connectivity index (χ0v) is 9.41. The lowest BCUT2D eigenvalue weighted by atomic mass is 9.78. The van der Waals surface area contributed by atoms with Crippen molar-refractivity contribution < 1.29 is 4.42 Å². The van der Waals surface area contributed by atoms with Crippen molar-refractivity contribution in [1.29, 1.82) is 0 Å². The average Bonchev–Trinajstić information content (AvgIpc) is 2.71. The summed E-state index contributed by atoms with van der Waals surface area (Å²) in [7, 11) is 2.18. The molecule has 1 saturated heterocycles. The van der Waals surface area contributed by atoms with Crippen molar-refractivity contribution >= 4 is 0 Å². The Morgan fingerprint density at radius 3 is 3.00 bits per heavy atom. The lowest BCUT2D eigenvalue weighted by Crippen LogP contribution is -2.35. The van der Waals surface area contributed by atoms with Crippen LogP contribution in [0.2, 0.25) is 0 Å². The van der Waals surface area contributed by atoms with E-state index >= 15 is 0 Å². The van der Waals surface area contributed by atoms with E-state index in [0.29, 0.717) is 6.54 Å². The maximum Gasteiger partial charge on any atom is 0.111 e. The topological polar surface area (TPSA) is 42.4 Å². The number of nitrogens with two attached hydrogens (primary N) is 1. The van der Waals surface area contributed by atoms with Gasteiger partial charge in [0, 0.05) is 12.0 Å². The van der Waals surface area contributed by atoms with E-state index in [1.165, 1.54) is 13.0 Å². The fraction of sp³-hybridized carbons (Fsp3) is 0.667. The minimum absolute atomic E-state index is 0.0776. The van der Waals surface area contributed by atoms with Crippen LogP contribution in [0.25, 0.3) is 0 Å². The van der Waals surface area contributed by atoms with Crippen LogP contribution in [0.3, 0.4) is 0 Å². The minimum Gasteiger partial charge on any atom is -0.469 e. The van der Waals surface area contributed by atoms with Gasteiger partial charge in [-0.05, 0) is 51.5 Å². The Morgan fingerprint density at radius 2 is 2.33 bits per heavy atom. The monoisotopic (exact) mass is 208 g/mol. The molecule has 1 atom stereocenters. The molecule has 1 unspecified atom stereocenters. The Morgan fingerprint density at radius 1 is 1.47 bits per heavy atom. The van der Waals surface area contributed by atoms with E-state index in [2.05, 4.69) is 18.0 Å². The van der Waals surface area contributed by atoms with Crippen molar-refractivity contribution in [3.05, 3.63) is 24.2 Å². The quantitative estimate of drug-likeness (QED) is 0.802. The van der Waals surface area contributed by atoms with Gasteiger partial charge < -0.3 is 15.1 Å². The number of rotatable bonds is 2. The first-order chi connectivity index (χ1) is 7.27. The van der Waals surface area contributed by atoms with Gasteiger partial charge in [-0.15, -0.1) is 0 Å². The van der Waals surface area contributed by atoms with Gasteiger partial charge in [-0.1, -0.05) is 0 Å². The minimum atomic E-state index is 0.0776. The van der Waals surface area contributed by atoms with Crippen LogP contribution in [-0.4, -0.2) is 31.6 Å². The molecule has 1 aromatic rings. The van der Waals surface area contributed by atoms with E-state index in [1.54, 1.807) is 6.26 Å². The third-order valence-corrected chi connectivity index (χ3v) is 3.60. The average molecular weight is 208 g/mol. The third kappa shape index (κ3) is 2.08. The molecule has 0 aliphatic carbocycles. The molecular weight excluding hydrogens is 188 g/mol. The largest absolute Gasteiger partial charge is 0.469 e. The lowest BCUT2D eigenvalue weighted by Gasteiger charge is -2.28.